The van der Waals surface area contributed by atoms with E-state index in [1.807, 2.05) is 29.2 Å². The molecule has 0 bridgehead atoms. The summed E-state index contributed by atoms with van der Waals surface area (Å²) in [7, 11) is 0. The summed E-state index contributed by atoms with van der Waals surface area (Å²) in [5.41, 5.74) is 2.57. The zero-order chi connectivity index (χ0) is 53.9. The Kier molecular flexibility index (Phi) is 14.8. The number of phenols is 4. The van der Waals surface area contributed by atoms with Crippen LogP contribution >= 0.6 is 12.8 Å². The number of aliphatic carboxylic acids is 1. The minimum atomic E-state index is -5.22. The van der Waals surface area contributed by atoms with Gasteiger partial charge in [-0.15, -0.1) is 5.06 Å². The molecule has 0 radical (unpaired) electrons. The molecule has 74 heavy (non-hydrogen) atoms. The third kappa shape index (κ3) is 10.2. The third-order valence-electron chi connectivity index (χ3n) is 11.0. The number of carboxylic acid groups (broad SMARTS) is 1. The average Bonchev–Trinajstić information content (AvgIpc) is 3.93. The number of ether oxygens (including phenoxy) is 4. The van der Waals surface area contributed by atoms with Gasteiger partial charge in [-0.3, -0.25) is 19.2 Å². The monoisotopic (exact) mass is 1040 g/mol. The van der Waals surface area contributed by atoms with E-state index in [1.54, 1.807) is 48.5 Å². The molecule has 5 aliphatic heterocycles. The van der Waals surface area contributed by atoms with E-state index in [0.717, 1.165) is 6.92 Å². The Morgan fingerprint density at radius 1 is 0.581 bits per heavy atom. The molecule has 6 aromatic carbocycles. The number of rotatable bonds is 2. The van der Waals surface area contributed by atoms with Gasteiger partial charge in [0, 0.05) is 84.3 Å². The summed E-state index contributed by atoms with van der Waals surface area (Å²) < 4.78 is 58.4. The van der Waals surface area contributed by atoms with Gasteiger partial charge in [-0.25, -0.2) is 14.4 Å². The third-order valence-corrected chi connectivity index (χ3v) is 11.1. The van der Waals surface area contributed by atoms with Crippen molar-refractivity contribution in [3.05, 3.63) is 166 Å². The predicted molar refractivity (Wildman–Crippen MR) is 246 cm³/mol. The van der Waals surface area contributed by atoms with Crippen molar-refractivity contribution >= 4 is 54.5 Å². The van der Waals surface area contributed by atoms with Gasteiger partial charge in [-0.2, -0.15) is 13.2 Å². The first kappa shape index (κ1) is 52.5. The van der Waals surface area contributed by atoms with Crippen LogP contribution in [0.15, 0.2) is 121 Å². The highest BCUT2D eigenvalue weighted by Gasteiger charge is 2.55. The van der Waals surface area contributed by atoms with Gasteiger partial charge in [-0.1, -0.05) is 54.1 Å². The van der Waals surface area contributed by atoms with Crippen molar-refractivity contribution in [3.8, 4) is 46.0 Å². The highest BCUT2D eigenvalue weighted by Crippen LogP contribution is 2.58. The van der Waals surface area contributed by atoms with Gasteiger partial charge < -0.3 is 54.2 Å². The molecular formula is C50H37F3N2O18S. The van der Waals surface area contributed by atoms with Gasteiger partial charge >= 0.3 is 30.1 Å². The summed E-state index contributed by atoms with van der Waals surface area (Å²) in [6, 6.07) is 33.2. The molecule has 0 saturated carbocycles. The van der Waals surface area contributed by atoms with Gasteiger partial charge in [0.2, 0.25) is 0 Å². The fourth-order valence-electron chi connectivity index (χ4n) is 8.16. The lowest BCUT2D eigenvalue weighted by Gasteiger charge is -2.36. The van der Waals surface area contributed by atoms with Gasteiger partial charge in [0.15, 0.2) is 11.2 Å². The van der Waals surface area contributed by atoms with Crippen LogP contribution in [0.5, 0.6) is 46.0 Å². The van der Waals surface area contributed by atoms with Crippen molar-refractivity contribution in [3.63, 3.8) is 0 Å². The van der Waals surface area contributed by atoms with Crippen LogP contribution < -0.4 is 14.4 Å². The molecule has 0 atom stereocenters. The number of aromatic hydroxyl groups is 4. The van der Waals surface area contributed by atoms with Crippen molar-refractivity contribution in [2.45, 2.75) is 44.1 Å². The van der Waals surface area contributed by atoms with Crippen LogP contribution in [0, 0.1) is 0 Å². The summed E-state index contributed by atoms with van der Waals surface area (Å²) in [5, 5.41) is 46.6. The first-order chi connectivity index (χ1) is 35.0. The highest BCUT2D eigenvalue weighted by molar-refractivity contribution is 7.77. The van der Waals surface area contributed by atoms with Crippen LogP contribution in [0.25, 0.3) is 0 Å². The number of hydrogen-bond acceptors (Lipinski definition) is 19. The minimum Gasteiger partial charge on any atom is -0.508 e. The van der Waals surface area contributed by atoms with Crippen molar-refractivity contribution in [2.75, 3.05) is 0 Å². The van der Waals surface area contributed by atoms with E-state index < -0.39 is 59.0 Å². The molecule has 0 aliphatic carbocycles. The van der Waals surface area contributed by atoms with Crippen LogP contribution in [0.3, 0.4) is 0 Å². The lowest BCUT2D eigenvalue weighted by molar-refractivity contribution is -0.232. The Labute approximate surface area is 420 Å². The number of carbonyl (C=O) groups excluding carboxylic acids is 6. The molecule has 6 N–H and O–H groups in total. The number of thiol groups is 1. The molecule has 5 aliphatic rings. The molecule has 0 unspecified atom stereocenters. The lowest BCUT2D eigenvalue weighted by Crippen LogP contribution is -2.37. The minimum absolute atomic E-state index is 0.0371. The molecule has 1 saturated heterocycles. The summed E-state index contributed by atoms with van der Waals surface area (Å²) in [5.74, 6) is -4.90. The summed E-state index contributed by atoms with van der Waals surface area (Å²) >= 11 is 3.37. The maximum Gasteiger partial charge on any atom is 0.493 e. The molecule has 2 amide bonds. The van der Waals surface area contributed by atoms with Crippen LogP contribution in [0.2, 0.25) is 0 Å². The smallest absolute Gasteiger partial charge is 0.493 e. The molecule has 24 heteroatoms. The number of carbonyl (C=O) groups is 7. The number of phenolic OH excluding ortho intramolecular Hbond substituents is 4. The number of esters is 2. The summed E-state index contributed by atoms with van der Waals surface area (Å²) in [6.07, 6.45) is -5.71. The molecule has 0 aromatic heterocycles. The van der Waals surface area contributed by atoms with Crippen molar-refractivity contribution in [1.29, 1.82) is 0 Å². The van der Waals surface area contributed by atoms with E-state index in [9.17, 15) is 62.4 Å². The fraction of sp³-hybridized carbons (Fsp3) is 0.140. The zero-order valence-corrected chi connectivity index (χ0v) is 38.9. The van der Waals surface area contributed by atoms with E-state index in [1.165, 1.54) is 55.5 Å². The number of nitrogens with zero attached hydrogens (tertiary/aromatic N) is 1. The summed E-state index contributed by atoms with van der Waals surface area (Å²) in [4.78, 5) is 84.9. The van der Waals surface area contributed by atoms with Crippen molar-refractivity contribution < 1.29 is 101 Å². The second-order valence-corrected chi connectivity index (χ2v) is 16.0. The molecule has 382 valence electrons. The normalized spacial score (nSPS) is 14.9. The van der Waals surface area contributed by atoms with E-state index >= 15 is 0 Å². The number of hydroxylamine groups is 2. The number of fused-ring (bicyclic) bond motifs is 12. The van der Waals surface area contributed by atoms with E-state index in [0.29, 0.717) is 67.5 Å². The number of nitrogens with one attached hydrogen (secondary N) is 1. The number of alkyl halides is 3. The number of imide groups is 1. The van der Waals surface area contributed by atoms with Crippen LogP contribution in [-0.2, 0) is 54.3 Å². The maximum atomic E-state index is 12.5. The Hall–Kier alpha value is -9.29. The molecule has 6 aromatic rings. The predicted octanol–water partition coefficient (Wildman–Crippen LogP) is 7.48. The van der Waals surface area contributed by atoms with Gasteiger partial charge in [0.05, 0.1) is 11.1 Å². The molecule has 2 spiro atoms. The zero-order valence-electron chi connectivity index (χ0n) is 38.0. The molecule has 20 nitrogen and oxygen atoms in total. The van der Waals surface area contributed by atoms with Crippen molar-refractivity contribution in [2.24, 2.45) is 0 Å². The number of carboxylic acids is 1. The SMILES string of the molecule is CC(=O)O.CC(=O)ONS.O=C1CCC(=O)N1OC(=O)C(F)(F)F.O=C1OC2(c3ccc(O)cc3Oc3cc(O)ccc32)c2ccccc21.O=C1OC2(c3ccc(O)cc3Oc3cc(O)ccc32)c2ccccc21. The number of amides is 2. The largest absolute Gasteiger partial charge is 0.508 e. The number of halogens is 3. The van der Waals surface area contributed by atoms with Crippen LogP contribution in [-0.4, -0.2) is 78.4 Å². The first-order valence-corrected chi connectivity index (χ1v) is 21.7. The molecule has 5 heterocycles. The topological polar surface area (TPSA) is 291 Å². The number of benzene rings is 6. The second-order valence-electron chi connectivity index (χ2n) is 15.8. The molecule has 11 rings (SSSR count). The second kappa shape index (κ2) is 20.8. The van der Waals surface area contributed by atoms with E-state index in [4.69, 9.17) is 28.8 Å². The summed E-state index contributed by atoms with van der Waals surface area (Å²) in [6.45, 7) is 2.36. The van der Waals surface area contributed by atoms with Crippen LogP contribution in [0.4, 0.5) is 13.2 Å². The first-order valence-electron chi connectivity index (χ1n) is 21.3. The Bertz CT molecular complexity index is 2980. The lowest BCUT2D eigenvalue weighted by atomic mass is 9.77. The standard InChI is InChI=1S/2C20H12O5.C6H4F3NO4.C2H5NO2S.C2H4O2/c2*21-11-5-7-15-17(9-11)24-18-10-12(22)6-8-16(18)20(15)14-4-2-1-3-13(14)19(23)25-20;7-6(8,9)5(13)14-10-3(11)1-2-4(10)12;1-2(4)5-3-6;1-2(3)4/h2*1-10,21-22H;1-2H2;3,6H,1H3;1H3,(H,3,4). The van der Waals surface area contributed by atoms with E-state index in [-0.39, 0.29) is 40.9 Å². The Morgan fingerprint density at radius 3 is 1.19 bits per heavy atom. The van der Waals surface area contributed by atoms with Crippen molar-refractivity contribution in [1.82, 2.24) is 9.95 Å². The Balaban J connectivity index is 0.000000153. The Morgan fingerprint density at radius 2 is 0.905 bits per heavy atom. The van der Waals surface area contributed by atoms with Gasteiger partial charge in [0.1, 0.15) is 46.0 Å². The van der Waals surface area contributed by atoms with Gasteiger partial charge in [-0.05, 0) is 60.7 Å². The average molecular weight is 1040 g/mol. The van der Waals surface area contributed by atoms with Gasteiger partial charge in [0.25, 0.3) is 17.8 Å². The van der Waals surface area contributed by atoms with Crippen LogP contribution in [0.1, 0.15) is 80.8 Å². The maximum absolute atomic E-state index is 12.5. The number of hydrogen-bond donors (Lipinski definition) is 7. The van der Waals surface area contributed by atoms with E-state index in [2.05, 4.69) is 22.5 Å². The quantitative estimate of drug-likeness (QED) is 0.0291. The fourth-order valence-corrected chi connectivity index (χ4v) is 8.29. The highest BCUT2D eigenvalue weighted by atomic mass is 32.1. The molecule has 1 fully saturated rings. The molecular weight excluding hydrogens is 1010 g/mol.